The van der Waals surface area contributed by atoms with Crippen LogP contribution >= 0.6 is 0 Å². The summed E-state index contributed by atoms with van der Waals surface area (Å²) in [6, 6.07) is 4.31. The second kappa shape index (κ2) is 6.61. The fourth-order valence-electron chi connectivity index (χ4n) is 2.25. The van der Waals surface area contributed by atoms with Gasteiger partial charge in [-0.1, -0.05) is 12.1 Å². The van der Waals surface area contributed by atoms with Crippen LogP contribution in [0.4, 0.5) is 8.78 Å². The van der Waals surface area contributed by atoms with Gasteiger partial charge in [0.05, 0.1) is 7.11 Å². The molecule has 1 aromatic carbocycles. The number of alkyl halides is 2. The van der Waals surface area contributed by atoms with E-state index in [-0.39, 0.29) is 22.8 Å². The number of halogens is 2. The number of methoxy groups -OCH3 is 1. The fraction of sp³-hybridized carbons (Fsp3) is 0.286. The number of carbonyl (C=O) groups excluding carboxylic acids is 1. The molecule has 1 atom stereocenters. The maximum absolute atomic E-state index is 12.5. The van der Waals surface area contributed by atoms with Crippen LogP contribution in [0, 0.1) is 0 Å². The zero-order chi connectivity index (χ0) is 17.1. The van der Waals surface area contributed by atoms with Crippen molar-refractivity contribution in [2.24, 2.45) is 0 Å². The molecule has 0 aromatic heterocycles. The summed E-state index contributed by atoms with van der Waals surface area (Å²) < 4.78 is 34.5. The number of ether oxygens (including phenoxy) is 2. The average molecular weight is 328 g/mol. The summed E-state index contributed by atoms with van der Waals surface area (Å²) in [4.78, 5) is 23.5. The Hall–Kier alpha value is -2.68. The number of carboxylic acids is 1. The van der Waals surface area contributed by atoms with E-state index in [0.717, 1.165) is 5.01 Å². The van der Waals surface area contributed by atoms with Gasteiger partial charge >= 0.3 is 12.6 Å². The van der Waals surface area contributed by atoms with E-state index in [1.807, 2.05) is 0 Å². The Morgan fingerprint density at radius 3 is 2.61 bits per heavy atom. The van der Waals surface area contributed by atoms with Crippen LogP contribution in [0.2, 0.25) is 0 Å². The summed E-state index contributed by atoms with van der Waals surface area (Å²) in [6.45, 7) is -3.05. The minimum absolute atomic E-state index is 0.0498. The first-order valence-corrected chi connectivity index (χ1v) is 6.45. The number of ketones is 1. The van der Waals surface area contributed by atoms with E-state index < -0.39 is 24.4 Å². The summed E-state index contributed by atoms with van der Waals surface area (Å²) in [7, 11) is 2.54. The third-order valence-electron chi connectivity index (χ3n) is 3.19. The first kappa shape index (κ1) is 16.7. The fourth-order valence-corrected chi connectivity index (χ4v) is 2.25. The van der Waals surface area contributed by atoms with Crippen molar-refractivity contribution < 1.29 is 33.0 Å². The van der Waals surface area contributed by atoms with E-state index in [4.69, 9.17) is 9.84 Å². The van der Waals surface area contributed by atoms with E-state index >= 15 is 0 Å². The van der Waals surface area contributed by atoms with E-state index in [0.29, 0.717) is 0 Å². The monoisotopic (exact) mass is 328 g/mol. The van der Waals surface area contributed by atoms with Gasteiger partial charge in [0.25, 0.3) is 0 Å². The summed E-state index contributed by atoms with van der Waals surface area (Å²) >= 11 is 0. The molecule has 1 aliphatic rings. The van der Waals surface area contributed by atoms with E-state index in [1.54, 1.807) is 6.07 Å². The third-order valence-corrected chi connectivity index (χ3v) is 3.19. The van der Waals surface area contributed by atoms with Gasteiger partial charge in [0.1, 0.15) is 11.4 Å². The van der Waals surface area contributed by atoms with Crippen molar-refractivity contribution in [2.75, 3.05) is 14.2 Å². The SMILES string of the molecule is COC1=C(c2ccccc2OC(F)F)NN(C)C(C(=O)O)C1=O. The Morgan fingerprint density at radius 1 is 1.39 bits per heavy atom. The van der Waals surface area contributed by atoms with Crippen LogP contribution in [0.3, 0.4) is 0 Å². The maximum Gasteiger partial charge on any atom is 0.387 e. The molecule has 0 saturated heterocycles. The largest absolute Gasteiger partial charge is 0.491 e. The van der Waals surface area contributed by atoms with Gasteiger partial charge in [-0.15, -0.1) is 0 Å². The van der Waals surface area contributed by atoms with Crippen LogP contribution in [-0.2, 0) is 14.3 Å². The van der Waals surface area contributed by atoms with Crippen molar-refractivity contribution in [3.05, 3.63) is 35.6 Å². The van der Waals surface area contributed by atoms with Crippen LogP contribution in [0.1, 0.15) is 5.56 Å². The van der Waals surface area contributed by atoms with Gasteiger partial charge in [-0.3, -0.25) is 4.79 Å². The summed E-state index contributed by atoms with van der Waals surface area (Å²) in [6.07, 6.45) is 0. The van der Waals surface area contributed by atoms with Gasteiger partial charge in [-0.25, -0.2) is 9.80 Å². The smallest absolute Gasteiger partial charge is 0.387 e. The molecule has 0 spiro atoms. The summed E-state index contributed by atoms with van der Waals surface area (Å²) in [5.74, 6) is -2.62. The molecule has 0 saturated carbocycles. The van der Waals surface area contributed by atoms with Crippen LogP contribution in [0.25, 0.3) is 5.70 Å². The Bertz CT molecular complexity index is 662. The molecule has 0 radical (unpaired) electrons. The summed E-state index contributed by atoms with van der Waals surface area (Å²) in [5.41, 5.74) is 2.87. The number of carboxylic acid groups (broad SMARTS) is 1. The topological polar surface area (TPSA) is 88.1 Å². The van der Waals surface area contributed by atoms with E-state index in [9.17, 15) is 18.4 Å². The number of hydrogen-bond acceptors (Lipinski definition) is 6. The zero-order valence-corrected chi connectivity index (χ0v) is 12.2. The number of benzene rings is 1. The molecule has 1 heterocycles. The highest BCUT2D eigenvalue weighted by atomic mass is 19.3. The highest BCUT2D eigenvalue weighted by molar-refractivity contribution is 6.14. The molecule has 1 aromatic rings. The van der Waals surface area contributed by atoms with Crippen LogP contribution in [0.15, 0.2) is 30.0 Å². The van der Waals surface area contributed by atoms with Gasteiger partial charge in [0.2, 0.25) is 5.78 Å². The Morgan fingerprint density at radius 2 is 2.04 bits per heavy atom. The number of nitrogens with one attached hydrogen (secondary N) is 1. The summed E-state index contributed by atoms with van der Waals surface area (Å²) in [5, 5.41) is 10.2. The number of rotatable bonds is 5. The third kappa shape index (κ3) is 3.24. The quantitative estimate of drug-likeness (QED) is 0.782. The lowest BCUT2D eigenvalue weighted by Gasteiger charge is -2.32. The molecule has 1 unspecified atom stereocenters. The molecular formula is C14H14F2N2O5. The van der Waals surface area contributed by atoms with Crippen molar-refractivity contribution in [3.63, 3.8) is 0 Å². The maximum atomic E-state index is 12.5. The van der Waals surface area contributed by atoms with Crippen molar-refractivity contribution in [3.8, 4) is 5.75 Å². The Kier molecular flexibility index (Phi) is 4.80. The van der Waals surface area contributed by atoms with Gasteiger partial charge in [-0.05, 0) is 12.1 Å². The number of para-hydroxylation sites is 1. The molecule has 0 aliphatic carbocycles. The standard InChI is InChI=1S/C14H14F2N2O5/c1-18-10(13(20)21)11(19)12(22-2)9(17-18)7-5-3-4-6-8(7)23-14(15)16/h3-6,10,14,17H,1-2H3,(H,20,21). The normalized spacial score (nSPS) is 18.8. The minimum atomic E-state index is -3.05. The van der Waals surface area contributed by atoms with Gasteiger partial charge < -0.3 is 20.0 Å². The van der Waals surface area contributed by atoms with Crippen molar-refractivity contribution >= 4 is 17.4 Å². The molecule has 2 N–H and O–H groups in total. The first-order valence-electron chi connectivity index (χ1n) is 6.45. The zero-order valence-electron chi connectivity index (χ0n) is 12.2. The van der Waals surface area contributed by atoms with Gasteiger partial charge in [0, 0.05) is 12.6 Å². The van der Waals surface area contributed by atoms with Crippen molar-refractivity contribution in [2.45, 2.75) is 12.7 Å². The lowest BCUT2D eigenvalue weighted by Crippen LogP contribution is -2.55. The molecule has 23 heavy (non-hydrogen) atoms. The lowest BCUT2D eigenvalue weighted by molar-refractivity contribution is -0.149. The van der Waals surface area contributed by atoms with E-state index in [2.05, 4.69) is 10.2 Å². The number of hydrogen-bond donors (Lipinski definition) is 2. The molecule has 0 fully saturated rings. The number of Topliss-reactive ketones (excluding diaryl/α,β-unsaturated/α-hetero) is 1. The Labute approximate surface area is 130 Å². The molecule has 2 rings (SSSR count). The molecule has 0 bridgehead atoms. The molecule has 9 heteroatoms. The number of carbonyl (C=O) groups is 2. The predicted octanol–water partition coefficient (Wildman–Crippen LogP) is 1.08. The number of hydrazine groups is 1. The second-order valence-electron chi connectivity index (χ2n) is 4.61. The van der Waals surface area contributed by atoms with Gasteiger partial charge in [-0.2, -0.15) is 8.78 Å². The average Bonchev–Trinajstić information content (AvgIpc) is 2.46. The highest BCUT2D eigenvalue weighted by Gasteiger charge is 2.40. The molecule has 0 amide bonds. The molecular weight excluding hydrogens is 314 g/mol. The van der Waals surface area contributed by atoms with Crippen LogP contribution < -0.4 is 10.2 Å². The van der Waals surface area contributed by atoms with E-state index in [1.165, 1.54) is 32.4 Å². The molecule has 124 valence electrons. The second-order valence-corrected chi connectivity index (χ2v) is 4.61. The van der Waals surface area contributed by atoms with Crippen molar-refractivity contribution in [1.29, 1.82) is 0 Å². The highest BCUT2D eigenvalue weighted by Crippen LogP contribution is 2.31. The van der Waals surface area contributed by atoms with Crippen molar-refractivity contribution in [1.82, 2.24) is 10.4 Å². The predicted molar refractivity (Wildman–Crippen MR) is 74.3 cm³/mol. The molecule has 1 aliphatic heterocycles. The first-order chi connectivity index (χ1) is 10.9. The minimum Gasteiger partial charge on any atom is -0.491 e. The lowest BCUT2D eigenvalue weighted by atomic mass is 10.0. The molecule has 7 nitrogen and oxygen atoms in total. The van der Waals surface area contributed by atoms with Crippen LogP contribution in [-0.4, -0.2) is 48.7 Å². The number of likely N-dealkylation sites (N-methyl/N-ethyl adjacent to an activating group) is 1. The Balaban J connectivity index is 2.55. The number of aliphatic carboxylic acids is 1. The van der Waals surface area contributed by atoms with Gasteiger partial charge in [0.15, 0.2) is 11.8 Å². The van der Waals surface area contributed by atoms with Crippen LogP contribution in [0.5, 0.6) is 5.75 Å². The number of nitrogens with zero attached hydrogens (tertiary/aromatic N) is 1.